The first-order chi connectivity index (χ1) is 12.1. The monoisotopic (exact) mass is 337 g/mol. The summed E-state index contributed by atoms with van der Waals surface area (Å²) in [6.07, 6.45) is 1.53. The third kappa shape index (κ3) is 2.97. The molecule has 0 radical (unpaired) electrons. The quantitative estimate of drug-likeness (QED) is 0.794. The van der Waals surface area contributed by atoms with Gasteiger partial charge in [0.25, 0.3) is 0 Å². The van der Waals surface area contributed by atoms with Gasteiger partial charge in [-0.2, -0.15) is 0 Å². The highest BCUT2D eigenvalue weighted by Crippen LogP contribution is 2.28. The average Bonchev–Trinajstić information content (AvgIpc) is 3.04. The fourth-order valence-corrected chi connectivity index (χ4v) is 3.60. The van der Waals surface area contributed by atoms with Crippen molar-refractivity contribution in [1.29, 1.82) is 0 Å². The van der Waals surface area contributed by atoms with E-state index in [1.165, 1.54) is 0 Å². The van der Waals surface area contributed by atoms with Gasteiger partial charge in [-0.15, -0.1) is 0 Å². The number of benzene rings is 2. The van der Waals surface area contributed by atoms with Crippen molar-refractivity contribution in [2.75, 3.05) is 13.1 Å². The molecule has 0 spiro atoms. The molecule has 0 aliphatic carbocycles. The van der Waals surface area contributed by atoms with Crippen molar-refractivity contribution in [3.8, 4) is 0 Å². The zero-order chi connectivity index (χ0) is 17.4. The molecule has 0 saturated carbocycles. The lowest BCUT2D eigenvalue weighted by molar-refractivity contribution is -0.145. The molecule has 0 unspecified atom stereocenters. The van der Waals surface area contributed by atoms with Crippen LogP contribution in [0.2, 0.25) is 0 Å². The van der Waals surface area contributed by atoms with Gasteiger partial charge >= 0.3 is 5.97 Å². The van der Waals surface area contributed by atoms with Crippen LogP contribution in [-0.2, 0) is 16.0 Å². The maximum absolute atomic E-state index is 12.5. The fourth-order valence-electron chi connectivity index (χ4n) is 3.60. The second kappa shape index (κ2) is 6.24. The summed E-state index contributed by atoms with van der Waals surface area (Å²) in [5.74, 6) is -0.742. The van der Waals surface area contributed by atoms with Crippen LogP contribution in [0.3, 0.4) is 0 Å². The molecule has 5 heteroatoms. The normalized spacial score (nSPS) is 17.9. The first-order valence-electron chi connectivity index (χ1n) is 8.52. The molecule has 1 N–H and O–H groups in total. The van der Waals surface area contributed by atoms with Crippen LogP contribution < -0.4 is 0 Å². The number of hydrogen-bond donors (Lipinski definition) is 1. The number of carbonyl (C=O) groups excluding carboxylic acids is 1. The van der Waals surface area contributed by atoms with Gasteiger partial charge in [-0.1, -0.05) is 30.3 Å². The molecule has 1 saturated heterocycles. The highest BCUT2D eigenvalue weighted by atomic mass is 16.4. The Hall–Kier alpha value is -2.82. The van der Waals surface area contributed by atoms with E-state index in [1.54, 1.807) is 4.90 Å². The molecule has 1 aliphatic heterocycles. The number of carboxylic acid groups (broad SMARTS) is 1. The Bertz CT molecular complexity index is 959. The van der Waals surface area contributed by atoms with Crippen molar-refractivity contribution in [3.63, 3.8) is 0 Å². The van der Waals surface area contributed by atoms with Crippen molar-refractivity contribution in [3.05, 3.63) is 48.2 Å². The lowest BCUT2D eigenvalue weighted by Crippen LogP contribution is -2.42. The zero-order valence-corrected chi connectivity index (χ0v) is 13.8. The molecule has 1 aliphatic rings. The summed E-state index contributed by atoms with van der Waals surface area (Å²) in [6.45, 7) is 0.906. The second-order valence-electron chi connectivity index (χ2n) is 6.61. The van der Waals surface area contributed by atoms with E-state index in [1.807, 2.05) is 42.5 Å². The molecular formula is C20H19NO4. The van der Waals surface area contributed by atoms with E-state index in [4.69, 9.17) is 9.52 Å². The molecule has 3 aromatic rings. The molecule has 2 heterocycles. The molecule has 128 valence electrons. The van der Waals surface area contributed by atoms with Crippen LogP contribution >= 0.6 is 0 Å². The Balaban J connectivity index is 1.57. The summed E-state index contributed by atoms with van der Waals surface area (Å²) < 4.78 is 5.85. The van der Waals surface area contributed by atoms with Gasteiger partial charge in [-0.3, -0.25) is 9.59 Å². The molecule has 1 aromatic heterocycles. The maximum atomic E-state index is 12.5. The number of hydrogen-bond acceptors (Lipinski definition) is 3. The smallest absolute Gasteiger partial charge is 0.308 e. The minimum atomic E-state index is -0.826. The number of carbonyl (C=O) groups is 2. The van der Waals surface area contributed by atoms with Gasteiger partial charge in [0.2, 0.25) is 5.91 Å². The van der Waals surface area contributed by atoms with Gasteiger partial charge in [0.1, 0.15) is 11.3 Å². The molecule has 4 rings (SSSR count). The second-order valence-corrected chi connectivity index (χ2v) is 6.61. The van der Waals surface area contributed by atoms with Crippen LogP contribution in [-0.4, -0.2) is 35.0 Å². The summed E-state index contributed by atoms with van der Waals surface area (Å²) in [5, 5.41) is 12.4. The number of aliphatic carboxylic acids is 1. The van der Waals surface area contributed by atoms with Crippen LogP contribution in [0.5, 0.6) is 0 Å². The Labute approximate surface area is 144 Å². The van der Waals surface area contributed by atoms with E-state index in [9.17, 15) is 9.59 Å². The first-order valence-corrected chi connectivity index (χ1v) is 8.52. The summed E-state index contributed by atoms with van der Waals surface area (Å²) in [5.41, 5.74) is 0.767. The van der Waals surface area contributed by atoms with Crippen molar-refractivity contribution < 1.29 is 19.1 Å². The largest absolute Gasteiger partial charge is 0.481 e. The molecular weight excluding hydrogens is 318 g/mol. The van der Waals surface area contributed by atoms with Crippen molar-refractivity contribution in [1.82, 2.24) is 4.90 Å². The number of furan rings is 1. The zero-order valence-electron chi connectivity index (χ0n) is 13.8. The predicted octanol–water partition coefficient (Wildman–Crippen LogP) is 3.45. The first kappa shape index (κ1) is 15.7. The lowest BCUT2D eigenvalue weighted by Gasteiger charge is -2.30. The molecule has 2 aromatic carbocycles. The predicted molar refractivity (Wildman–Crippen MR) is 94.4 cm³/mol. The Morgan fingerprint density at radius 1 is 1.16 bits per heavy atom. The number of carboxylic acids is 1. The van der Waals surface area contributed by atoms with Gasteiger partial charge in [-0.25, -0.2) is 0 Å². The van der Waals surface area contributed by atoms with E-state index >= 15 is 0 Å². The number of nitrogens with zero attached hydrogens (tertiary/aromatic N) is 1. The van der Waals surface area contributed by atoms with Gasteiger partial charge in [-0.05, 0) is 35.7 Å². The summed E-state index contributed by atoms with van der Waals surface area (Å²) in [6, 6.07) is 13.9. The van der Waals surface area contributed by atoms with Gasteiger partial charge in [0.05, 0.1) is 12.3 Å². The minimum absolute atomic E-state index is 0.0747. The number of rotatable bonds is 3. The highest BCUT2D eigenvalue weighted by molar-refractivity contribution is 6.06. The van der Waals surface area contributed by atoms with E-state index in [2.05, 4.69) is 0 Å². The molecule has 1 atom stereocenters. The van der Waals surface area contributed by atoms with E-state index in [0.29, 0.717) is 18.7 Å². The van der Waals surface area contributed by atoms with E-state index < -0.39 is 11.9 Å². The van der Waals surface area contributed by atoms with Crippen LogP contribution in [0, 0.1) is 5.92 Å². The minimum Gasteiger partial charge on any atom is -0.481 e. The number of likely N-dealkylation sites (tertiary alicyclic amines) is 1. The fraction of sp³-hybridized carbons (Fsp3) is 0.300. The van der Waals surface area contributed by atoms with Gasteiger partial charge in [0, 0.05) is 18.5 Å². The van der Waals surface area contributed by atoms with Crippen molar-refractivity contribution in [2.24, 2.45) is 5.92 Å². The van der Waals surface area contributed by atoms with E-state index in [0.717, 1.165) is 28.2 Å². The topological polar surface area (TPSA) is 70.8 Å². The number of fused-ring (bicyclic) bond motifs is 3. The summed E-state index contributed by atoms with van der Waals surface area (Å²) in [4.78, 5) is 25.4. The number of amides is 1. The highest BCUT2D eigenvalue weighted by Gasteiger charge is 2.28. The third-order valence-corrected chi connectivity index (χ3v) is 4.93. The molecule has 5 nitrogen and oxygen atoms in total. The average molecular weight is 337 g/mol. The molecule has 0 bridgehead atoms. The SMILES string of the molecule is O=C(O)[C@H]1CCCN(C(=O)Cc2cc3c(ccc4ccccc43)o2)C1. The lowest BCUT2D eigenvalue weighted by atomic mass is 9.98. The molecule has 25 heavy (non-hydrogen) atoms. The molecule has 1 amide bonds. The number of piperidine rings is 1. The molecule has 1 fully saturated rings. The van der Waals surface area contributed by atoms with Crippen LogP contribution in [0.4, 0.5) is 0 Å². The Morgan fingerprint density at radius 2 is 2.00 bits per heavy atom. The van der Waals surface area contributed by atoms with Crippen molar-refractivity contribution in [2.45, 2.75) is 19.3 Å². The van der Waals surface area contributed by atoms with Crippen molar-refractivity contribution >= 4 is 33.6 Å². The standard InChI is InChI=1S/C20H19NO4/c22-19(21-9-3-5-14(12-21)20(23)24)11-15-10-17-16-6-2-1-4-13(16)7-8-18(17)25-15/h1-2,4,6-8,10,14H,3,5,9,11-12H2,(H,23,24)/t14-/m0/s1. The summed E-state index contributed by atoms with van der Waals surface area (Å²) >= 11 is 0. The van der Waals surface area contributed by atoms with Gasteiger partial charge < -0.3 is 14.4 Å². The van der Waals surface area contributed by atoms with Gasteiger partial charge in [0.15, 0.2) is 0 Å². The van der Waals surface area contributed by atoms with E-state index in [-0.39, 0.29) is 18.9 Å². The third-order valence-electron chi connectivity index (χ3n) is 4.93. The summed E-state index contributed by atoms with van der Waals surface area (Å²) in [7, 11) is 0. The van der Waals surface area contributed by atoms with Crippen LogP contribution in [0.25, 0.3) is 21.7 Å². The Morgan fingerprint density at radius 3 is 2.84 bits per heavy atom. The van der Waals surface area contributed by atoms with Crippen LogP contribution in [0.15, 0.2) is 46.9 Å². The van der Waals surface area contributed by atoms with Crippen LogP contribution in [0.1, 0.15) is 18.6 Å². The Kier molecular flexibility index (Phi) is 3.92. The maximum Gasteiger partial charge on any atom is 0.308 e.